The van der Waals surface area contributed by atoms with Gasteiger partial charge in [-0.1, -0.05) is 19.1 Å². The second-order valence-electron chi connectivity index (χ2n) is 4.93. The molecule has 0 aliphatic heterocycles. The lowest BCUT2D eigenvalue weighted by Gasteiger charge is -2.21. The summed E-state index contributed by atoms with van der Waals surface area (Å²) in [7, 11) is 3.69. The fourth-order valence-electron chi connectivity index (χ4n) is 2.19. The molecule has 0 atom stereocenters. The molecule has 1 aromatic carbocycles. The van der Waals surface area contributed by atoms with Crippen LogP contribution in [0.1, 0.15) is 18.9 Å². The topological polar surface area (TPSA) is 37.4 Å². The van der Waals surface area contributed by atoms with Crippen molar-refractivity contribution in [3.05, 3.63) is 48.2 Å². The van der Waals surface area contributed by atoms with Gasteiger partial charge in [-0.2, -0.15) is 0 Å². The third-order valence-corrected chi connectivity index (χ3v) is 3.36. The molecule has 0 saturated heterocycles. The normalized spacial score (nSPS) is 10.4. The summed E-state index contributed by atoms with van der Waals surface area (Å²) in [6.45, 7) is 4.06. The molecular weight excluding hydrogens is 262 g/mol. The van der Waals surface area contributed by atoms with E-state index >= 15 is 0 Å². The third kappa shape index (κ3) is 3.95. The number of benzene rings is 1. The Bertz CT molecular complexity index is 571. The van der Waals surface area contributed by atoms with E-state index in [0.29, 0.717) is 0 Å². The summed E-state index contributed by atoms with van der Waals surface area (Å²) in [5.74, 6) is 1.76. The summed E-state index contributed by atoms with van der Waals surface area (Å²) in [6, 6.07) is 12.1. The molecule has 1 aromatic heterocycles. The van der Waals surface area contributed by atoms with Gasteiger partial charge >= 0.3 is 0 Å². The second kappa shape index (κ2) is 7.64. The summed E-state index contributed by atoms with van der Waals surface area (Å²) < 4.78 is 5.42. The zero-order valence-corrected chi connectivity index (χ0v) is 13.0. The van der Waals surface area contributed by atoms with Gasteiger partial charge in [0.15, 0.2) is 0 Å². The minimum atomic E-state index is 0.844. The van der Waals surface area contributed by atoms with Gasteiger partial charge in [0.1, 0.15) is 11.6 Å². The number of rotatable bonds is 7. The Morgan fingerprint density at radius 1 is 1.24 bits per heavy atom. The Morgan fingerprint density at radius 3 is 2.81 bits per heavy atom. The Hall–Kier alpha value is -2.07. The van der Waals surface area contributed by atoms with Crippen molar-refractivity contribution in [2.45, 2.75) is 19.9 Å². The van der Waals surface area contributed by atoms with Crippen LogP contribution in [0.2, 0.25) is 0 Å². The van der Waals surface area contributed by atoms with Gasteiger partial charge in [0.05, 0.1) is 12.8 Å². The molecule has 0 bridgehead atoms. The third-order valence-electron chi connectivity index (χ3n) is 3.36. The van der Waals surface area contributed by atoms with Gasteiger partial charge < -0.3 is 15.0 Å². The van der Waals surface area contributed by atoms with Gasteiger partial charge in [0, 0.05) is 19.8 Å². The van der Waals surface area contributed by atoms with Gasteiger partial charge in [-0.25, -0.2) is 4.98 Å². The number of aromatic nitrogens is 1. The van der Waals surface area contributed by atoms with Crippen LogP contribution in [0, 0.1) is 0 Å². The molecule has 2 aromatic rings. The highest BCUT2D eigenvalue weighted by molar-refractivity contribution is 5.66. The first-order valence-corrected chi connectivity index (χ1v) is 7.28. The van der Waals surface area contributed by atoms with Gasteiger partial charge in [0.2, 0.25) is 0 Å². The minimum absolute atomic E-state index is 0.844. The maximum absolute atomic E-state index is 5.42. The minimum Gasteiger partial charge on any atom is -0.495 e. The molecule has 1 heterocycles. The molecule has 1 N–H and O–H groups in total. The van der Waals surface area contributed by atoms with Gasteiger partial charge in [0.25, 0.3) is 0 Å². The summed E-state index contributed by atoms with van der Waals surface area (Å²) in [4.78, 5) is 6.51. The highest BCUT2D eigenvalue weighted by Gasteiger charge is 2.10. The van der Waals surface area contributed by atoms with E-state index in [-0.39, 0.29) is 0 Å². The smallest absolute Gasteiger partial charge is 0.142 e. The molecule has 0 fully saturated rings. The first-order chi connectivity index (χ1) is 10.3. The predicted octanol–water partition coefficient (Wildman–Crippen LogP) is 3.36. The average molecular weight is 285 g/mol. The highest BCUT2D eigenvalue weighted by Crippen LogP contribution is 2.31. The number of nitrogens with zero attached hydrogens (tertiary/aromatic N) is 2. The van der Waals surface area contributed by atoms with Crippen LogP contribution < -0.4 is 15.0 Å². The standard InChI is InChI=1S/C17H23N3O/c1-4-10-18-13-14-9-11-19-17(12-14)20(2)15-7-5-6-8-16(15)21-3/h5-9,11-12,18H,4,10,13H2,1-3H3. The first-order valence-electron chi connectivity index (χ1n) is 7.28. The van der Waals surface area contributed by atoms with Crippen molar-refractivity contribution in [1.29, 1.82) is 0 Å². The molecule has 112 valence electrons. The van der Waals surface area contributed by atoms with Crippen molar-refractivity contribution in [3.63, 3.8) is 0 Å². The van der Waals surface area contributed by atoms with Crippen LogP contribution in [0.15, 0.2) is 42.6 Å². The van der Waals surface area contributed by atoms with Crippen LogP contribution in [0.25, 0.3) is 0 Å². The van der Waals surface area contributed by atoms with E-state index < -0.39 is 0 Å². The summed E-state index contributed by atoms with van der Waals surface area (Å²) in [5, 5.41) is 3.41. The van der Waals surface area contributed by atoms with Crippen molar-refractivity contribution in [2.24, 2.45) is 0 Å². The molecule has 0 unspecified atom stereocenters. The number of ether oxygens (including phenoxy) is 1. The lowest BCUT2D eigenvalue weighted by molar-refractivity contribution is 0.415. The van der Waals surface area contributed by atoms with E-state index in [0.717, 1.165) is 36.8 Å². The number of nitrogens with one attached hydrogen (secondary N) is 1. The predicted molar refractivity (Wildman–Crippen MR) is 87.3 cm³/mol. The molecule has 0 saturated carbocycles. The van der Waals surface area contributed by atoms with Crippen LogP contribution >= 0.6 is 0 Å². The number of methoxy groups -OCH3 is 1. The summed E-state index contributed by atoms with van der Waals surface area (Å²) in [6.07, 6.45) is 2.99. The zero-order chi connectivity index (χ0) is 15.1. The van der Waals surface area contributed by atoms with Crippen LogP contribution in [-0.4, -0.2) is 25.7 Å². The van der Waals surface area contributed by atoms with E-state index in [4.69, 9.17) is 4.74 Å². The van der Waals surface area contributed by atoms with Crippen molar-refractivity contribution in [3.8, 4) is 5.75 Å². The fraction of sp³-hybridized carbons (Fsp3) is 0.353. The second-order valence-corrected chi connectivity index (χ2v) is 4.93. The first kappa shape index (κ1) is 15.3. The monoisotopic (exact) mass is 285 g/mol. The summed E-state index contributed by atoms with van der Waals surface area (Å²) in [5.41, 5.74) is 2.24. The number of para-hydroxylation sites is 2. The van der Waals surface area contributed by atoms with Crippen molar-refractivity contribution >= 4 is 11.5 Å². The quantitative estimate of drug-likeness (QED) is 0.792. The van der Waals surface area contributed by atoms with E-state index in [1.54, 1.807) is 7.11 Å². The molecule has 0 aliphatic carbocycles. The molecule has 0 aliphatic rings. The number of anilines is 2. The Kier molecular flexibility index (Phi) is 5.58. The van der Waals surface area contributed by atoms with Gasteiger partial charge in [-0.05, 0) is 42.8 Å². The SMILES string of the molecule is CCCNCc1ccnc(N(C)c2ccccc2OC)c1. The number of hydrogen-bond donors (Lipinski definition) is 1. The summed E-state index contributed by atoms with van der Waals surface area (Å²) >= 11 is 0. The van der Waals surface area contributed by atoms with Crippen molar-refractivity contribution in [1.82, 2.24) is 10.3 Å². The maximum Gasteiger partial charge on any atom is 0.142 e. The van der Waals surface area contributed by atoms with Crippen LogP contribution in [0.4, 0.5) is 11.5 Å². The lowest BCUT2D eigenvalue weighted by atomic mass is 10.2. The Labute approximate surface area is 126 Å². The average Bonchev–Trinajstić information content (AvgIpc) is 2.54. The molecule has 2 rings (SSSR count). The number of pyridine rings is 1. The highest BCUT2D eigenvalue weighted by atomic mass is 16.5. The number of hydrogen-bond acceptors (Lipinski definition) is 4. The zero-order valence-electron chi connectivity index (χ0n) is 13.0. The van der Waals surface area contributed by atoms with E-state index in [1.165, 1.54) is 5.56 Å². The van der Waals surface area contributed by atoms with E-state index in [1.807, 2.05) is 48.5 Å². The fourth-order valence-corrected chi connectivity index (χ4v) is 2.19. The van der Waals surface area contributed by atoms with E-state index in [2.05, 4.69) is 23.3 Å². The molecule has 21 heavy (non-hydrogen) atoms. The molecule has 0 spiro atoms. The van der Waals surface area contributed by atoms with Crippen LogP contribution in [0.3, 0.4) is 0 Å². The Balaban J connectivity index is 2.18. The molecule has 4 heteroatoms. The van der Waals surface area contributed by atoms with Crippen LogP contribution in [-0.2, 0) is 6.54 Å². The molecule has 0 radical (unpaired) electrons. The van der Waals surface area contributed by atoms with Crippen molar-refractivity contribution < 1.29 is 4.74 Å². The molecule has 0 amide bonds. The van der Waals surface area contributed by atoms with Gasteiger partial charge in [-0.15, -0.1) is 0 Å². The van der Waals surface area contributed by atoms with Crippen LogP contribution in [0.5, 0.6) is 5.75 Å². The molecular formula is C17H23N3O. The lowest BCUT2D eigenvalue weighted by Crippen LogP contribution is -2.16. The molecule has 4 nitrogen and oxygen atoms in total. The van der Waals surface area contributed by atoms with E-state index in [9.17, 15) is 0 Å². The van der Waals surface area contributed by atoms with Crippen molar-refractivity contribution in [2.75, 3.05) is 25.6 Å². The van der Waals surface area contributed by atoms with Gasteiger partial charge in [-0.3, -0.25) is 0 Å². The largest absolute Gasteiger partial charge is 0.495 e. The Morgan fingerprint density at radius 2 is 2.05 bits per heavy atom. The maximum atomic E-state index is 5.42.